The lowest BCUT2D eigenvalue weighted by molar-refractivity contribution is -0.234. The molecule has 0 spiro atoms. The van der Waals surface area contributed by atoms with Crippen LogP contribution in [0.3, 0.4) is 0 Å². The van der Waals surface area contributed by atoms with E-state index in [1.54, 1.807) is 4.90 Å². The van der Waals surface area contributed by atoms with Gasteiger partial charge < -0.3 is 14.5 Å². The molecule has 1 saturated heterocycles. The molecular formula is C21H22F6N4O4S. The minimum atomic E-state index is -4.78. The second kappa shape index (κ2) is 9.41. The SMILES string of the molecule is CC(C)(Oc1ccc(S(C)(=O)=O)cc1C(=O)N1CCN(c2ccc(C(F)(F)F)nn2)CC1)C(F)(F)F. The van der Waals surface area contributed by atoms with Gasteiger partial charge in [0.25, 0.3) is 5.91 Å². The fourth-order valence-corrected chi connectivity index (χ4v) is 3.93. The van der Waals surface area contributed by atoms with Gasteiger partial charge in [-0.25, -0.2) is 8.42 Å². The van der Waals surface area contributed by atoms with Crippen LogP contribution in [0.1, 0.15) is 29.9 Å². The van der Waals surface area contributed by atoms with E-state index in [9.17, 15) is 39.6 Å². The van der Waals surface area contributed by atoms with Gasteiger partial charge in [0.15, 0.2) is 27.0 Å². The average molecular weight is 540 g/mol. The number of rotatable bonds is 5. The standard InChI is InChI=1S/C21H22F6N4O4S/c1-19(2,21(25,26)27)35-15-5-4-13(36(3,33)34)12-14(15)18(32)31-10-8-30(9-11-31)17-7-6-16(28-29-17)20(22,23)24/h4-7,12H,8-11H2,1-3H3. The molecule has 1 aromatic heterocycles. The zero-order valence-electron chi connectivity index (χ0n) is 19.3. The number of anilines is 1. The van der Waals surface area contributed by atoms with Crippen LogP contribution in [-0.4, -0.2) is 73.6 Å². The van der Waals surface area contributed by atoms with E-state index in [-0.39, 0.29) is 42.5 Å². The van der Waals surface area contributed by atoms with Crippen LogP contribution in [0, 0.1) is 0 Å². The summed E-state index contributed by atoms with van der Waals surface area (Å²) in [5, 5.41) is 6.73. The number of sulfone groups is 1. The predicted octanol–water partition coefficient (Wildman–Crippen LogP) is 3.58. The summed E-state index contributed by atoms with van der Waals surface area (Å²) in [7, 11) is -3.79. The van der Waals surface area contributed by atoms with Gasteiger partial charge >= 0.3 is 12.4 Å². The number of hydrogen-bond acceptors (Lipinski definition) is 7. The van der Waals surface area contributed by atoms with Gasteiger partial charge in [0.2, 0.25) is 0 Å². The molecule has 1 amide bonds. The lowest BCUT2D eigenvalue weighted by Crippen LogP contribution is -2.49. The Balaban J connectivity index is 1.83. The summed E-state index contributed by atoms with van der Waals surface area (Å²) in [6.07, 6.45) is -8.53. The summed E-state index contributed by atoms with van der Waals surface area (Å²) < 4.78 is 107. The van der Waals surface area contributed by atoms with Crippen LogP contribution < -0.4 is 9.64 Å². The summed E-state index contributed by atoms with van der Waals surface area (Å²) in [6.45, 7) is 1.90. The molecule has 1 aliphatic rings. The van der Waals surface area contributed by atoms with Gasteiger partial charge in [-0.3, -0.25) is 4.79 Å². The lowest BCUT2D eigenvalue weighted by Gasteiger charge is -2.36. The molecule has 15 heteroatoms. The molecule has 36 heavy (non-hydrogen) atoms. The number of ether oxygens (including phenoxy) is 1. The van der Waals surface area contributed by atoms with E-state index in [1.165, 1.54) is 4.90 Å². The molecule has 0 saturated carbocycles. The van der Waals surface area contributed by atoms with Gasteiger partial charge in [0, 0.05) is 32.4 Å². The largest absolute Gasteiger partial charge is 0.478 e. The van der Waals surface area contributed by atoms with Gasteiger partial charge in [-0.1, -0.05) is 0 Å². The molecular weight excluding hydrogens is 518 g/mol. The Hall–Kier alpha value is -3.10. The smallest absolute Gasteiger partial charge is 0.435 e. The molecule has 2 aromatic rings. The summed E-state index contributed by atoms with van der Waals surface area (Å²) >= 11 is 0. The summed E-state index contributed by atoms with van der Waals surface area (Å²) in [4.78, 5) is 15.8. The van der Waals surface area contributed by atoms with Gasteiger partial charge in [0.05, 0.1) is 10.5 Å². The second-order valence-corrected chi connectivity index (χ2v) is 10.6. The van der Waals surface area contributed by atoms with E-state index >= 15 is 0 Å². The molecule has 0 N–H and O–H groups in total. The van der Waals surface area contributed by atoms with Crippen LogP contribution in [0.5, 0.6) is 5.75 Å². The van der Waals surface area contributed by atoms with Gasteiger partial charge in [-0.2, -0.15) is 26.3 Å². The molecule has 0 aliphatic carbocycles. The van der Waals surface area contributed by atoms with E-state index in [2.05, 4.69) is 10.2 Å². The molecule has 198 valence electrons. The number of nitrogens with zero attached hydrogens (tertiary/aromatic N) is 4. The molecule has 1 aliphatic heterocycles. The topological polar surface area (TPSA) is 92.7 Å². The van der Waals surface area contributed by atoms with Crippen molar-refractivity contribution in [1.82, 2.24) is 15.1 Å². The van der Waals surface area contributed by atoms with Gasteiger partial charge in [-0.15, -0.1) is 10.2 Å². The van der Waals surface area contributed by atoms with Crippen molar-refractivity contribution in [1.29, 1.82) is 0 Å². The maximum absolute atomic E-state index is 13.4. The Kier molecular flexibility index (Phi) is 7.18. The van der Waals surface area contributed by atoms with Crippen molar-refractivity contribution < 1.29 is 44.3 Å². The number of aromatic nitrogens is 2. The van der Waals surface area contributed by atoms with Crippen LogP contribution in [0.4, 0.5) is 32.2 Å². The maximum atomic E-state index is 13.4. The van der Waals surface area contributed by atoms with Crippen molar-refractivity contribution in [2.75, 3.05) is 37.3 Å². The normalized spacial score (nSPS) is 15.7. The molecule has 3 rings (SSSR count). The first-order valence-electron chi connectivity index (χ1n) is 10.5. The lowest BCUT2D eigenvalue weighted by atomic mass is 10.1. The van der Waals surface area contributed by atoms with Crippen LogP contribution in [0.2, 0.25) is 0 Å². The molecule has 2 heterocycles. The third-order valence-electron chi connectivity index (χ3n) is 5.49. The maximum Gasteiger partial charge on any atom is 0.435 e. The van der Waals surface area contributed by atoms with E-state index in [0.29, 0.717) is 0 Å². The van der Waals surface area contributed by atoms with Crippen LogP contribution in [-0.2, 0) is 16.0 Å². The Morgan fingerprint density at radius 2 is 1.56 bits per heavy atom. The van der Waals surface area contributed by atoms with Gasteiger partial charge in [0.1, 0.15) is 5.75 Å². The average Bonchev–Trinajstić information content (AvgIpc) is 2.77. The molecule has 1 aromatic carbocycles. The number of alkyl halides is 6. The zero-order chi connectivity index (χ0) is 27.1. The minimum Gasteiger partial charge on any atom is -0.478 e. The van der Waals surface area contributed by atoms with E-state index in [1.807, 2.05) is 0 Å². The highest BCUT2D eigenvalue weighted by Gasteiger charge is 2.50. The van der Waals surface area contributed by atoms with Crippen molar-refractivity contribution in [3.8, 4) is 5.75 Å². The number of piperazine rings is 1. The van der Waals surface area contributed by atoms with Crippen molar-refractivity contribution >= 4 is 21.6 Å². The number of benzene rings is 1. The number of hydrogen-bond donors (Lipinski definition) is 0. The van der Waals surface area contributed by atoms with Crippen LogP contribution >= 0.6 is 0 Å². The highest BCUT2D eigenvalue weighted by molar-refractivity contribution is 7.90. The van der Waals surface area contributed by atoms with Crippen molar-refractivity contribution in [3.63, 3.8) is 0 Å². The quantitative estimate of drug-likeness (QED) is 0.536. The highest BCUT2D eigenvalue weighted by Crippen LogP contribution is 2.36. The van der Waals surface area contributed by atoms with Gasteiger partial charge in [-0.05, 0) is 44.2 Å². The number of amides is 1. The van der Waals surface area contributed by atoms with E-state index in [0.717, 1.165) is 50.4 Å². The first kappa shape index (κ1) is 27.5. The van der Waals surface area contributed by atoms with E-state index < -0.39 is 45.1 Å². The molecule has 0 bridgehead atoms. The van der Waals surface area contributed by atoms with Crippen LogP contribution in [0.25, 0.3) is 0 Å². The molecule has 0 radical (unpaired) electrons. The molecule has 0 atom stereocenters. The summed E-state index contributed by atoms with van der Waals surface area (Å²) in [5.41, 5.74) is -4.19. The number of carbonyl (C=O) groups excluding carboxylic acids is 1. The Bertz CT molecular complexity index is 1220. The number of carbonyl (C=O) groups is 1. The van der Waals surface area contributed by atoms with E-state index in [4.69, 9.17) is 4.74 Å². The molecule has 8 nitrogen and oxygen atoms in total. The summed E-state index contributed by atoms with van der Waals surface area (Å²) in [6, 6.07) is 4.95. The fourth-order valence-electron chi connectivity index (χ4n) is 3.28. The summed E-state index contributed by atoms with van der Waals surface area (Å²) in [5.74, 6) is -1.04. The zero-order valence-corrected chi connectivity index (χ0v) is 20.1. The molecule has 0 unspecified atom stereocenters. The second-order valence-electron chi connectivity index (χ2n) is 8.59. The Labute approximate surface area is 202 Å². The minimum absolute atomic E-state index is 0.0345. The van der Waals surface area contributed by atoms with Crippen LogP contribution in [0.15, 0.2) is 35.2 Å². The van der Waals surface area contributed by atoms with Crippen molar-refractivity contribution in [3.05, 3.63) is 41.6 Å². The first-order valence-corrected chi connectivity index (χ1v) is 12.3. The van der Waals surface area contributed by atoms with Crippen molar-refractivity contribution in [2.45, 2.75) is 36.7 Å². The monoisotopic (exact) mass is 540 g/mol. The third-order valence-corrected chi connectivity index (χ3v) is 6.60. The molecule has 1 fully saturated rings. The third kappa shape index (κ3) is 5.99. The predicted molar refractivity (Wildman–Crippen MR) is 115 cm³/mol. The highest BCUT2D eigenvalue weighted by atomic mass is 32.2. The number of halogens is 6. The Morgan fingerprint density at radius 3 is 2.03 bits per heavy atom. The Morgan fingerprint density at radius 1 is 0.944 bits per heavy atom. The first-order chi connectivity index (χ1) is 16.4. The van der Waals surface area contributed by atoms with Crippen molar-refractivity contribution in [2.24, 2.45) is 0 Å². The fraction of sp³-hybridized carbons (Fsp3) is 0.476.